The molecule has 0 spiro atoms. The summed E-state index contributed by atoms with van der Waals surface area (Å²) in [6.45, 7) is 4.82. The van der Waals surface area contributed by atoms with Crippen molar-refractivity contribution >= 4 is 0 Å². The van der Waals surface area contributed by atoms with Crippen molar-refractivity contribution in [2.45, 2.75) is 50.6 Å². The number of piperidine rings is 1. The standard InChI is InChI=1S/C37H46N4O5/c1-44-34-19-29(20-35(45-2)37(34)46-3)31-15-25(7-11-39-31)22-38-21-24-9-13-41(14-10-24)23-26-8-12-40-32(16-26)28-17-30(27-5-4-6-27)36(43)33(42)18-28/h7-8,11-12,15-20,24,27,32,38,40,42-43H,4-6,9-10,13-14,21-23H2,1-3H3. The maximum Gasteiger partial charge on any atom is 0.203 e. The Morgan fingerprint density at radius 2 is 1.72 bits per heavy atom. The van der Waals surface area contributed by atoms with Gasteiger partial charge in [0.05, 0.1) is 33.1 Å². The Hall–Kier alpha value is -4.21. The molecule has 2 aromatic carbocycles. The van der Waals surface area contributed by atoms with E-state index in [0.717, 1.165) is 80.8 Å². The van der Waals surface area contributed by atoms with E-state index < -0.39 is 0 Å². The van der Waals surface area contributed by atoms with Crippen LogP contribution in [-0.4, -0.2) is 67.6 Å². The Morgan fingerprint density at radius 3 is 2.39 bits per heavy atom. The van der Waals surface area contributed by atoms with Crippen LogP contribution in [0.3, 0.4) is 0 Å². The van der Waals surface area contributed by atoms with Gasteiger partial charge in [0, 0.05) is 30.4 Å². The molecule has 1 aliphatic carbocycles. The maximum atomic E-state index is 10.4. The number of likely N-dealkylation sites (tertiary alicyclic amines) is 1. The van der Waals surface area contributed by atoms with Crippen LogP contribution in [0.15, 0.2) is 66.5 Å². The predicted octanol–water partition coefficient (Wildman–Crippen LogP) is 6.04. The molecule has 2 fully saturated rings. The lowest BCUT2D eigenvalue weighted by Gasteiger charge is -2.33. The Balaban J connectivity index is 0.992. The number of pyridine rings is 1. The molecular formula is C37H46N4O5. The molecule has 0 radical (unpaired) electrons. The Labute approximate surface area is 271 Å². The van der Waals surface area contributed by atoms with Gasteiger partial charge in [-0.25, -0.2) is 0 Å². The van der Waals surface area contributed by atoms with Gasteiger partial charge in [-0.15, -0.1) is 0 Å². The van der Waals surface area contributed by atoms with Crippen LogP contribution in [0.4, 0.5) is 0 Å². The summed E-state index contributed by atoms with van der Waals surface area (Å²) in [7, 11) is 4.84. The molecule has 1 saturated carbocycles. The van der Waals surface area contributed by atoms with Crippen LogP contribution < -0.4 is 24.8 Å². The lowest BCUT2D eigenvalue weighted by Crippen LogP contribution is -2.38. The third kappa shape index (κ3) is 7.11. The fourth-order valence-corrected chi connectivity index (χ4v) is 6.75. The van der Waals surface area contributed by atoms with Crippen LogP contribution in [0, 0.1) is 5.92 Å². The highest BCUT2D eigenvalue weighted by Crippen LogP contribution is 2.45. The van der Waals surface area contributed by atoms with Gasteiger partial charge < -0.3 is 35.1 Å². The van der Waals surface area contributed by atoms with Gasteiger partial charge >= 0.3 is 0 Å². The normalized spacial score (nSPS) is 18.8. The number of benzene rings is 2. The van der Waals surface area contributed by atoms with Crippen LogP contribution >= 0.6 is 0 Å². The molecule has 1 unspecified atom stereocenters. The number of hydrogen-bond donors (Lipinski definition) is 4. The van der Waals surface area contributed by atoms with E-state index in [2.05, 4.69) is 50.9 Å². The number of aromatic nitrogens is 1. The van der Waals surface area contributed by atoms with Gasteiger partial charge in [-0.2, -0.15) is 0 Å². The van der Waals surface area contributed by atoms with Gasteiger partial charge in [-0.1, -0.05) is 12.5 Å². The van der Waals surface area contributed by atoms with Gasteiger partial charge in [0.2, 0.25) is 5.75 Å². The van der Waals surface area contributed by atoms with E-state index >= 15 is 0 Å². The number of hydrogen-bond acceptors (Lipinski definition) is 9. The fourth-order valence-electron chi connectivity index (χ4n) is 6.75. The highest BCUT2D eigenvalue weighted by Gasteiger charge is 2.26. The van der Waals surface area contributed by atoms with E-state index in [-0.39, 0.29) is 17.5 Å². The molecule has 0 amide bonds. The summed E-state index contributed by atoms with van der Waals surface area (Å²) in [5, 5.41) is 28.0. The highest BCUT2D eigenvalue weighted by molar-refractivity contribution is 5.69. The van der Waals surface area contributed by atoms with E-state index in [4.69, 9.17) is 14.2 Å². The third-order valence-electron chi connectivity index (χ3n) is 9.66. The van der Waals surface area contributed by atoms with Gasteiger partial charge in [0.25, 0.3) is 0 Å². The zero-order valence-corrected chi connectivity index (χ0v) is 27.1. The topological polar surface area (TPSA) is 108 Å². The maximum absolute atomic E-state index is 10.4. The number of nitrogens with zero attached hydrogens (tertiary/aromatic N) is 2. The zero-order valence-electron chi connectivity index (χ0n) is 27.1. The highest BCUT2D eigenvalue weighted by atomic mass is 16.5. The second-order valence-corrected chi connectivity index (χ2v) is 12.6. The molecule has 6 rings (SSSR count). The molecule has 1 saturated heterocycles. The number of methoxy groups -OCH3 is 3. The van der Waals surface area contributed by atoms with Crippen molar-refractivity contribution in [1.82, 2.24) is 20.5 Å². The molecule has 244 valence electrons. The van der Waals surface area contributed by atoms with Gasteiger partial charge in [0.1, 0.15) is 0 Å². The molecule has 46 heavy (non-hydrogen) atoms. The smallest absolute Gasteiger partial charge is 0.203 e. The molecule has 2 aliphatic heterocycles. The Bertz CT molecular complexity index is 1550. The molecule has 3 heterocycles. The van der Waals surface area contributed by atoms with Gasteiger partial charge in [0.15, 0.2) is 23.0 Å². The summed E-state index contributed by atoms with van der Waals surface area (Å²) in [4.78, 5) is 7.13. The number of phenols is 2. The van der Waals surface area contributed by atoms with Crippen LogP contribution in [0.2, 0.25) is 0 Å². The van der Waals surface area contributed by atoms with Crippen molar-refractivity contribution in [3.8, 4) is 40.0 Å². The minimum atomic E-state index is -0.0238. The molecule has 9 heteroatoms. The van der Waals surface area contributed by atoms with Crippen LogP contribution in [0.5, 0.6) is 28.7 Å². The van der Waals surface area contributed by atoms with Crippen molar-refractivity contribution in [3.63, 3.8) is 0 Å². The number of dihydropyridines is 1. The second kappa shape index (κ2) is 14.5. The molecule has 3 aliphatic rings. The first-order chi connectivity index (χ1) is 22.4. The van der Waals surface area contributed by atoms with E-state index in [1.54, 1.807) is 27.4 Å². The van der Waals surface area contributed by atoms with Crippen molar-refractivity contribution in [3.05, 3.63) is 83.2 Å². The minimum Gasteiger partial charge on any atom is -0.504 e. The van der Waals surface area contributed by atoms with E-state index in [1.165, 1.54) is 17.6 Å². The van der Waals surface area contributed by atoms with Crippen molar-refractivity contribution in [1.29, 1.82) is 0 Å². The van der Waals surface area contributed by atoms with E-state index in [0.29, 0.717) is 29.1 Å². The number of aromatic hydroxyl groups is 2. The Morgan fingerprint density at radius 1 is 0.957 bits per heavy atom. The van der Waals surface area contributed by atoms with Crippen LogP contribution in [-0.2, 0) is 6.54 Å². The first-order valence-electron chi connectivity index (χ1n) is 16.3. The summed E-state index contributed by atoms with van der Waals surface area (Å²) in [6, 6.07) is 11.8. The molecule has 3 aromatic rings. The van der Waals surface area contributed by atoms with E-state index in [1.807, 2.05) is 24.5 Å². The quantitative estimate of drug-likeness (QED) is 0.179. The number of rotatable bonds is 12. The molecule has 4 N–H and O–H groups in total. The summed E-state index contributed by atoms with van der Waals surface area (Å²) in [5.41, 5.74) is 6.10. The van der Waals surface area contributed by atoms with Crippen LogP contribution in [0.1, 0.15) is 60.8 Å². The monoisotopic (exact) mass is 626 g/mol. The lowest BCUT2D eigenvalue weighted by molar-refractivity contribution is 0.195. The molecule has 0 bridgehead atoms. The summed E-state index contributed by atoms with van der Waals surface area (Å²) in [6.07, 6.45) is 13.9. The first-order valence-corrected chi connectivity index (χ1v) is 16.3. The minimum absolute atomic E-state index is 0.0189. The van der Waals surface area contributed by atoms with Crippen LogP contribution in [0.25, 0.3) is 11.3 Å². The molecular weight excluding hydrogens is 580 g/mol. The molecule has 9 nitrogen and oxygen atoms in total. The lowest BCUT2D eigenvalue weighted by atomic mass is 9.78. The number of ether oxygens (including phenoxy) is 3. The van der Waals surface area contributed by atoms with Crippen molar-refractivity contribution in [2.75, 3.05) is 47.5 Å². The van der Waals surface area contributed by atoms with E-state index in [9.17, 15) is 10.2 Å². The molecule has 1 aromatic heterocycles. The van der Waals surface area contributed by atoms with Gasteiger partial charge in [-0.05, 0) is 123 Å². The Kier molecular flexibility index (Phi) is 10.00. The summed E-state index contributed by atoms with van der Waals surface area (Å²) in [5.74, 6) is 2.79. The third-order valence-corrected chi connectivity index (χ3v) is 9.66. The molecule has 1 atom stereocenters. The number of phenolic OH excluding ortho intramolecular Hbond substituents is 2. The SMILES string of the molecule is COc1cc(-c2cc(CNCC3CCN(CC4=CC(c5cc(O)c(O)c(C6CCC6)c5)NC=C4)CC3)ccn2)cc(OC)c1OC. The fraction of sp³-hybridized carbons (Fsp3) is 0.432. The first kappa shape index (κ1) is 31.8. The average molecular weight is 627 g/mol. The van der Waals surface area contributed by atoms with Crippen molar-refractivity contribution in [2.24, 2.45) is 5.92 Å². The largest absolute Gasteiger partial charge is 0.504 e. The zero-order chi connectivity index (χ0) is 32.0. The summed E-state index contributed by atoms with van der Waals surface area (Å²) >= 11 is 0. The van der Waals surface area contributed by atoms with Crippen molar-refractivity contribution < 1.29 is 24.4 Å². The predicted molar refractivity (Wildman–Crippen MR) is 180 cm³/mol. The summed E-state index contributed by atoms with van der Waals surface area (Å²) < 4.78 is 16.5. The number of nitrogens with one attached hydrogen (secondary N) is 2. The second-order valence-electron chi connectivity index (χ2n) is 12.6. The van der Waals surface area contributed by atoms with Gasteiger partial charge in [-0.3, -0.25) is 9.88 Å². The average Bonchev–Trinajstić information content (AvgIpc) is 3.06.